The van der Waals surface area contributed by atoms with Crippen molar-refractivity contribution in [3.63, 3.8) is 0 Å². The molecule has 0 N–H and O–H groups in total. The van der Waals surface area contributed by atoms with E-state index in [0.29, 0.717) is 0 Å². The lowest BCUT2D eigenvalue weighted by Crippen LogP contribution is -2.21. The highest BCUT2D eigenvalue weighted by atomic mass is 35.5. The second-order valence-corrected chi connectivity index (χ2v) is 5.47. The molecule has 1 atom stereocenters. The Balaban J connectivity index is 3.26. The Bertz CT molecular complexity index is 442. The average molecular weight is 321 g/mol. The zero-order valence-corrected chi connectivity index (χ0v) is 10.4. The maximum absolute atomic E-state index is 13.1. The summed E-state index contributed by atoms with van der Waals surface area (Å²) in [4.78, 5) is -1.27. The first-order valence-corrected chi connectivity index (χ1v) is 6.18. The second kappa shape index (κ2) is 5.12. The summed E-state index contributed by atoms with van der Waals surface area (Å²) in [5.74, 6) is -8.68. The van der Waals surface area contributed by atoms with Crippen LogP contribution in [0.4, 0.5) is 35.1 Å². The molecule has 0 amide bonds. The summed E-state index contributed by atoms with van der Waals surface area (Å²) in [6.45, 7) is 0. The summed E-state index contributed by atoms with van der Waals surface area (Å²) in [7, 11) is 0. The van der Waals surface area contributed by atoms with Crippen LogP contribution in [-0.4, -0.2) is 11.7 Å². The molecule has 0 heterocycles. The van der Waals surface area contributed by atoms with Crippen LogP contribution in [0.5, 0.6) is 0 Å². The highest BCUT2D eigenvalue weighted by Crippen LogP contribution is 2.42. The van der Waals surface area contributed by atoms with E-state index in [1.54, 1.807) is 0 Å². The van der Waals surface area contributed by atoms with Gasteiger partial charge >= 0.3 is 6.18 Å². The molecule has 18 heavy (non-hydrogen) atoms. The monoisotopic (exact) mass is 320 g/mol. The van der Waals surface area contributed by atoms with Crippen LogP contribution in [0, 0.1) is 23.3 Å². The Morgan fingerprint density at radius 3 is 1.78 bits per heavy atom. The number of hydrogen-bond acceptors (Lipinski definition) is 0. The molecule has 0 aliphatic rings. The van der Waals surface area contributed by atoms with E-state index in [9.17, 15) is 35.1 Å². The van der Waals surface area contributed by atoms with E-state index in [4.69, 9.17) is 11.6 Å². The van der Waals surface area contributed by atoms with Gasteiger partial charge in [-0.1, -0.05) is 11.6 Å². The smallest absolute Gasteiger partial charge is 0.249 e. The van der Waals surface area contributed by atoms with Crippen LogP contribution in [0.3, 0.4) is 0 Å². The molecule has 0 saturated heterocycles. The molecule has 1 unspecified atom stereocenters. The minimum Gasteiger partial charge on any atom is -0.249 e. The lowest BCUT2D eigenvalue weighted by Gasteiger charge is -2.17. The highest BCUT2D eigenvalue weighted by molar-refractivity contribution is 8.00. The lowest BCUT2D eigenvalue weighted by molar-refractivity contribution is -0.154. The number of alkyl halides is 4. The van der Waals surface area contributed by atoms with E-state index in [2.05, 4.69) is 0 Å². The van der Waals surface area contributed by atoms with E-state index in [1.807, 2.05) is 0 Å². The molecule has 1 aromatic carbocycles. The van der Waals surface area contributed by atoms with Gasteiger partial charge in [-0.25, -0.2) is 33.7 Å². The van der Waals surface area contributed by atoms with Crippen LogP contribution in [0.15, 0.2) is 4.90 Å². The normalized spacial score (nSPS) is 14.1. The van der Waals surface area contributed by atoms with Crippen molar-refractivity contribution in [3.8, 4) is 0 Å². The summed E-state index contributed by atoms with van der Waals surface area (Å²) >= 11 is 1.90. The maximum Gasteiger partial charge on any atom is 0.426 e. The summed E-state index contributed by atoms with van der Waals surface area (Å²) in [6.07, 6.45) is -5.29. The first-order chi connectivity index (χ1) is 8.07. The third kappa shape index (κ3) is 2.82. The van der Waals surface area contributed by atoms with E-state index >= 15 is 0 Å². The fourth-order valence-electron chi connectivity index (χ4n) is 1.12. The summed E-state index contributed by atoms with van der Waals surface area (Å²) in [6, 6.07) is 0. The number of halogens is 9. The largest absolute Gasteiger partial charge is 0.426 e. The molecule has 1 rings (SSSR count). The third-order valence-corrected chi connectivity index (χ3v) is 4.55. The summed E-state index contributed by atoms with van der Waals surface area (Å²) in [5, 5.41) is -1.36. The summed E-state index contributed by atoms with van der Waals surface area (Å²) < 4.78 is 99.8. The van der Waals surface area contributed by atoms with Crippen molar-refractivity contribution < 1.29 is 35.1 Å². The number of rotatable bonds is 2. The van der Waals surface area contributed by atoms with Gasteiger partial charge < -0.3 is 0 Å². The molecule has 0 spiro atoms. The first-order valence-electron chi connectivity index (χ1n) is 4.28. The molecule has 106 valence electrons. The molecule has 0 saturated carbocycles. The SMILES string of the molecule is Fc1c(F)c(F)c([SH4]C(F)C(F)(F)F)c(Cl)c1F. The molecule has 0 fully saturated rings. The predicted molar refractivity (Wildman–Crippen MR) is 53.7 cm³/mol. The van der Waals surface area contributed by atoms with Gasteiger partial charge in [0.15, 0.2) is 23.3 Å². The Labute approximate surface area is 104 Å². The summed E-state index contributed by atoms with van der Waals surface area (Å²) in [5.41, 5.74) is -3.44. The van der Waals surface area contributed by atoms with Crippen LogP contribution < -0.4 is 0 Å². The minimum absolute atomic E-state index is 1.27. The van der Waals surface area contributed by atoms with Gasteiger partial charge in [0, 0.05) is 4.90 Å². The van der Waals surface area contributed by atoms with Crippen LogP contribution in [0.25, 0.3) is 0 Å². The van der Waals surface area contributed by atoms with E-state index in [1.165, 1.54) is 0 Å². The number of hydrogen-bond donors (Lipinski definition) is 0. The van der Waals surface area contributed by atoms with Crippen LogP contribution in [0.2, 0.25) is 5.02 Å². The van der Waals surface area contributed by atoms with Gasteiger partial charge in [0.1, 0.15) is 0 Å². The molecule has 10 heteroatoms. The second-order valence-electron chi connectivity index (χ2n) is 3.26. The van der Waals surface area contributed by atoms with Gasteiger partial charge in [-0.15, -0.1) is 0 Å². The van der Waals surface area contributed by atoms with Crippen molar-refractivity contribution in [2.75, 3.05) is 0 Å². The molecular weight excluding hydrogens is 316 g/mol. The number of benzene rings is 1. The van der Waals surface area contributed by atoms with Gasteiger partial charge in [-0.05, 0) is 0 Å². The van der Waals surface area contributed by atoms with Gasteiger partial charge in [-0.3, -0.25) is 0 Å². The van der Waals surface area contributed by atoms with Gasteiger partial charge in [0.2, 0.25) is 5.50 Å². The van der Waals surface area contributed by atoms with Crippen molar-refractivity contribution in [2.45, 2.75) is 16.6 Å². The third-order valence-electron chi connectivity index (χ3n) is 2.04. The quantitative estimate of drug-likeness (QED) is 0.442. The fourth-order valence-corrected chi connectivity index (χ4v) is 2.78. The first kappa shape index (κ1) is 15.4. The van der Waals surface area contributed by atoms with E-state index < -0.39 is 56.6 Å². The van der Waals surface area contributed by atoms with Crippen molar-refractivity contribution in [2.24, 2.45) is 0 Å². The fraction of sp³-hybridized carbons (Fsp3) is 0.250. The topological polar surface area (TPSA) is 0 Å². The molecule has 0 aromatic heterocycles. The predicted octanol–water partition coefficient (Wildman–Crippen LogP) is 3.78. The molecule has 1 aromatic rings. The molecule has 0 radical (unpaired) electrons. The molecule has 0 bridgehead atoms. The van der Waals surface area contributed by atoms with Crippen molar-refractivity contribution in [1.29, 1.82) is 0 Å². The Kier molecular flexibility index (Phi) is 4.37. The Hall–Kier alpha value is -0.700. The molecule has 0 aliphatic carbocycles. The van der Waals surface area contributed by atoms with Gasteiger partial charge in [-0.2, -0.15) is 13.2 Å². The Morgan fingerprint density at radius 2 is 1.33 bits per heavy atom. The lowest BCUT2D eigenvalue weighted by atomic mass is 10.3. The molecule has 0 nitrogen and oxygen atoms in total. The molecular formula is C8H5ClF8S. The van der Waals surface area contributed by atoms with Crippen molar-refractivity contribution in [3.05, 3.63) is 28.3 Å². The van der Waals surface area contributed by atoms with Crippen LogP contribution in [0.1, 0.15) is 0 Å². The Morgan fingerprint density at radius 1 is 0.889 bits per heavy atom. The van der Waals surface area contributed by atoms with Crippen LogP contribution in [-0.2, 0) is 0 Å². The van der Waals surface area contributed by atoms with Gasteiger partial charge in [0.05, 0.1) is 5.02 Å². The minimum atomic E-state index is -5.29. The van der Waals surface area contributed by atoms with Gasteiger partial charge in [0.25, 0.3) is 0 Å². The maximum atomic E-state index is 13.1. The standard InChI is InChI=1S/C8H5ClF8S/c9-1-2(10)3(11)4(12)5(13)6(1)18-7(14)8(15,16)17/h7H,18H4. The van der Waals surface area contributed by atoms with E-state index in [0.717, 1.165) is 0 Å². The zero-order valence-electron chi connectivity index (χ0n) is 8.19. The molecule has 0 aliphatic heterocycles. The zero-order chi connectivity index (χ0) is 14.2. The van der Waals surface area contributed by atoms with E-state index in [-0.39, 0.29) is 0 Å². The van der Waals surface area contributed by atoms with Crippen molar-refractivity contribution >= 4 is 23.4 Å². The average Bonchev–Trinajstić information content (AvgIpc) is 2.28. The van der Waals surface area contributed by atoms with Crippen LogP contribution >= 0.6 is 23.4 Å². The van der Waals surface area contributed by atoms with Crippen molar-refractivity contribution in [1.82, 2.24) is 0 Å². The highest BCUT2D eigenvalue weighted by Gasteiger charge is 2.40.